The van der Waals surface area contributed by atoms with Crippen LogP contribution in [-0.4, -0.2) is 23.6 Å². The lowest BCUT2D eigenvalue weighted by Gasteiger charge is -2.11. The molecule has 0 heterocycles. The third kappa shape index (κ3) is 3.65. The molecule has 0 fully saturated rings. The zero-order valence-corrected chi connectivity index (χ0v) is 9.75. The van der Waals surface area contributed by atoms with Gasteiger partial charge in [-0.05, 0) is 31.0 Å². The van der Waals surface area contributed by atoms with Crippen LogP contribution in [0.25, 0.3) is 0 Å². The van der Waals surface area contributed by atoms with Crippen LogP contribution in [0.5, 0.6) is 5.75 Å². The van der Waals surface area contributed by atoms with Crippen LogP contribution in [0, 0.1) is 5.82 Å². The summed E-state index contributed by atoms with van der Waals surface area (Å²) in [6.07, 6.45) is -1.08. The van der Waals surface area contributed by atoms with Crippen molar-refractivity contribution in [1.29, 1.82) is 0 Å². The summed E-state index contributed by atoms with van der Waals surface area (Å²) in [5, 5.41) is 8.24. The average Bonchev–Trinajstić information content (AvgIpc) is 2.30. The van der Waals surface area contributed by atoms with Gasteiger partial charge in [0, 0.05) is 6.42 Å². The molecular formula is C12H13F3O3. The van der Waals surface area contributed by atoms with Crippen LogP contribution in [0.1, 0.15) is 18.9 Å². The molecule has 1 aromatic carbocycles. The van der Waals surface area contributed by atoms with Crippen molar-refractivity contribution < 1.29 is 27.8 Å². The number of rotatable bonds is 6. The van der Waals surface area contributed by atoms with Gasteiger partial charge in [-0.15, -0.1) is 0 Å². The summed E-state index contributed by atoms with van der Waals surface area (Å²) in [4.78, 5) is 10.2. The summed E-state index contributed by atoms with van der Waals surface area (Å²) >= 11 is 0. The van der Waals surface area contributed by atoms with Crippen LogP contribution in [0.3, 0.4) is 0 Å². The van der Waals surface area contributed by atoms with Crippen LogP contribution in [0.15, 0.2) is 18.2 Å². The van der Waals surface area contributed by atoms with E-state index in [2.05, 4.69) is 0 Å². The van der Waals surface area contributed by atoms with Gasteiger partial charge in [0.25, 0.3) is 0 Å². The highest BCUT2D eigenvalue weighted by Crippen LogP contribution is 2.24. The molecule has 0 atom stereocenters. The van der Waals surface area contributed by atoms with Crippen molar-refractivity contribution in [2.24, 2.45) is 0 Å². The molecular weight excluding hydrogens is 249 g/mol. The van der Waals surface area contributed by atoms with E-state index in [1.54, 1.807) is 6.92 Å². The van der Waals surface area contributed by atoms with Gasteiger partial charge in [0.15, 0.2) is 11.6 Å². The number of hydrogen-bond acceptors (Lipinski definition) is 2. The van der Waals surface area contributed by atoms with Gasteiger partial charge in [0.05, 0.1) is 6.61 Å². The van der Waals surface area contributed by atoms with Crippen LogP contribution in [0.4, 0.5) is 13.2 Å². The van der Waals surface area contributed by atoms with Gasteiger partial charge in [0.2, 0.25) is 0 Å². The van der Waals surface area contributed by atoms with Crippen molar-refractivity contribution >= 4 is 5.97 Å². The Morgan fingerprint density at radius 1 is 1.44 bits per heavy atom. The second-order valence-electron chi connectivity index (χ2n) is 3.71. The highest BCUT2D eigenvalue weighted by atomic mass is 19.3. The standard InChI is InChI=1S/C12H13F3O3/c1-2-18-10-4-3-8(7-9(10)13)5-6-12(14,15)11(16)17/h3-4,7H,2,5-6H2,1H3,(H,16,17). The first-order chi connectivity index (χ1) is 8.36. The average molecular weight is 262 g/mol. The predicted molar refractivity (Wildman–Crippen MR) is 58.5 cm³/mol. The van der Waals surface area contributed by atoms with Crippen molar-refractivity contribution in [3.8, 4) is 5.75 Å². The molecule has 1 N–H and O–H groups in total. The highest BCUT2D eigenvalue weighted by molar-refractivity contribution is 5.75. The van der Waals surface area contributed by atoms with Gasteiger partial charge in [-0.2, -0.15) is 8.78 Å². The fourth-order valence-electron chi connectivity index (χ4n) is 1.38. The Bertz CT molecular complexity index is 433. The Kier molecular flexibility index (Phi) is 4.58. The van der Waals surface area contributed by atoms with E-state index in [4.69, 9.17) is 9.84 Å². The number of carboxylic acid groups (broad SMARTS) is 1. The van der Waals surface area contributed by atoms with E-state index in [1.807, 2.05) is 0 Å². The van der Waals surface area contributed by atoms with Crippen LogP contribution in [0.2, 0.25) is 0 Å². The van der Waals surface area contributed by atoms with Crippen LogP contribution >= 0.6 is 0 Å². The van der Waals surface area contributed by atoms with Crippen molar-refractivity contribution in [1.82, 2.24) is 0 Å². The fourth-order valence-corrected chi connectivity index (χ4v) is 1.38. The zero-order chi connectivity index (χ0) is 13.8. The molecule has 0 aliphatic heterocycles. The van der Waals surface area contributed by atoms with Crippen molar-refractivity contribution in [3.63, 3.8) is 0 Å². The zero-order valence-electron chi connectivity index (χ0n) is 9.75. The highest BCUT2D eigenvalue weighted by Gasteiger charge is 2.37. The first-order valence-corrected chi connectivity index (χ1v) is 5.39. The molecule has 1 rings (SSSR count). The topological polar surface area (TPSA) is 46.5 Å². The van der Waals surface area contributed by atoms with Gasteiger partial charge < -0.3 is 9.84 Å². The molecule has 18 heavy (non-hydrogen) atoms. The Labute approximate surface area is 102 Å². The fraction of sp³-hybridized carbons (Fsp3) is 0.417. The van der Waals surface area contributed by atoms with Crippen LogP contribution in [-0.2, 0) is 11.2 Å². The monoisotopic (exact) mass is 262 g/mol. The van der Waals surface area contributed by atoms with Gasteiger partial charge in [0.1, 0.15) is 0 Å². The van der Waals surface area contributed by atoms with E-state index in [9.17, 15) is 18.0 Å². The van der Waals surface area contributed by atoms with E-state index in [0.717, 1.165) is 6.07 Å². The Hall–Kier alpha value is -1.72. The quantitative estimate of drug-likeness (QED) is 0.857. The molecule has 0 spiro atoms. The number of ether oxygens (including phenoxy) is 1. The Morgan fingerprint density at radius 3 is 2.61 bits per heavy atom. The maximum Gasteiger partial charge on any atom is 0.374 e. The number of aliphatic carboxylic acids is 1. The second kappa shape index (κ2) is 5.75. The number of hydrogen-bond donors (Lipinski definition) is 1. The van der Waals surface area contributed by atoms with Crippen molar-refractivity contribution in [3.05, 3.63) is 29.6 Å². The summed E-state index contributed by atoms with van der Waals surface area (Å²) in [6.45, 7) is 1.99. The molecule has 0 amide bonds. The summed E-state index contributed by atoms with van der Waals surface area (Å²) in [7, 11) is 0. The van der Waals surface area contributed by atoms with E-state index in [1.165, 1.54) is 12.1 Å². The first kappa shape index (κ1) is 14.3. The summed E-state index contributed by atoms with van der Waals surface area (Å²) < 4.78 is 44.0. The maximum absolute atomic E-state index is 13.4. The molecule has 0 aliphatic rings. The van der Waals surface area contributed by atoms with Crippen molar-refractivity contribution in [2.75, 3.05) is 6.61 Å². The van der Waals surface area contributed by atoms with Crippen molar-refractivity contribution in [2.45, 2.75) is 25.7 Å². The minimum Gasteiger partial charge on any atom is -0.491 e. The van der Waals surface area contributed by atoms with Gasteiger partial charge >= 0.3 is 11.9 Å². The van der Waals surface area contributed by atoms with E-state index in [0.29, 0.717) is 12.2 Å². The molecule has 0 radical (unpaired) electrons. The minimum absolute atomic E-state index is 0.0474. The molecule has 100 valence electrons. The lowest BCUT2D eigenvalue weighted by atomic mass is 10.1. The number of halogens is 3. The number of alkyl halides is 2. The normalized spacial score (nSPS) is 11.3. The lowest BCUT2D eigenvalue weighted by molar-refractivity contribution is -0.165. The van der Waals surface area contributed by atoms with Crippen LogP contribution < -0.4 is 4.74 Å². The largest absolute Gasteiger partial charge is 0.491 e. The van der Waals surface area contributed by atoms with Gasteiger partial charge in [-0.3, -0.25) is 0 Å². The molecule has 0 bridgehead atoms. The molecule has 0 unspecified atom stereocenters. The number of benzene rings is 1. The Balaban J connectivity index is 2.69. The summed E-state index contributed by atoms with van der Waals surface area (Å²) in [5.74, 6) is -6.57. The minimum atomic E-state index is -3.80. The number of carbonyl (C=O) groups is 1. The predicted octanol–water partition coefficient (Wildman–Crippen LogP) is 2.88. The van der Waals surface area contributed by atoms with Gasteiger partial charge in [-0.25, -0.2) is 9.18 Å². The molecule has 3 nitrogen and oxygen atoms in total. The summed E-state index contributed by atoms with van der Waals surface area (Å²) in [5.41, 5.74) is 0.303. The van der Waals surface area contributed by atoms with E-state index < -0.39 is 24.1 Å². The molecule has 0 saturated heterocycles. The Morgan fingerprint density at radius 2 is 2.11 bits per heavy atom. The summed E-state index contributed by atoms with van der Waals surface area (Å²) in [6, 6.07) is 3.85. The molecule has 1 aromatic rings. The SMILES string of the molecule is CCOc1ccc(CCC(F)(F)C(=O)O)cc1F. The molecule has 6 heteroatoms. The number of carboxylic acids is 1. The molecule has 0 saturated carbocycles. The number of aryl methyl sites for hydroxylation is 1. The first-order valence-electron chi connectivity index (χ1n) is 5.39. The smallest absolute Gasteiger partial charge is 0.374 e. The van der Waals surface area contributed by atoms with E-state index >= 15 is 0 Å². The second-order valence-corrected chi connectivity index (χ2v) is 3.71. The molecule has 0 aromatic heterocycles. The van der Waals surface area contributed by atoms with Gasteiger partial charge in [-0.1, -0.05) is 6.07 Å². The maximum atomic E-state index is 13.4. The third-order valence-electron chi connectivity index (χ3n) is 2.34. The lowest BCUT2D eigenvalue weighted by Crippen LogP contribution is -2.28. The third-order valence-corrected chi connectivity index (χ3v) is 2.34. The van der Waals surface area contributed by atoms with E-state index in [-0.39, 0.29) is 12.2 Å². The molecule has 0 aliphatic carbocycles.